The molecule has 0 saturated heterocycles. The van der Waals surface area contributed by atoms with E-state index in [0.29, 0.717) is 6.54 Å². The van der Waals surface area contributed by atoms with Crippen LogP contribution in [0.25, 0.3) is 0 Å². The van der Waals surface area contributed by atoms with Crippen molar-refractivity contribution in [2.75, 3.05) is 6.54 Å². The van der Waals surface area contributed by atoms with Crippen molar-refractivity contribution in [3.8, 4) is 6.07 Å². The van der Waals surface area contributed by atoms with Crippen LogP contribution in [0.4, 0.5) is 0 Å². The fourth-order valence-corrected chi connectivity index (χ4v) is 3.96. The summed E-state index contributed by atoms with van der Waals surface area (Å²) >= 11 is 5.84. The van der Waals surface area contributed by atoms with E-state index >= 15 is 0 Å². The smallest absolute Gasteiger partial charge is 0.240 e. The molecule has 0 saturated carbocycles. The van der Waals surface area contributed by atoms with Gasteiger partial charge in [-0.2, -0.15) is 5.26 Å². The summed E-state index contributed by atoms with van der Waals surface area (Å²) in [5.74, 6) is 1.20. The van der Waals surface area contributed by atoms with Gasteiger partial charge in [-0.1, -0.05) is 11.6 Å². The maximum Gasteiger partial charge on any atom is 0.240 e. The zero-order valence-corrected chi connectivity index (χ0v) is 13.8. The minimum atomic E-state index is -3.66. The van der Waals surface area contributed by atoms with Gasteiger partial charge in [-0.15, -0.1) is 0 Å². The SMILES string of the molecule is N#Cc1cc(S(=O)(=O)NC[C@@H]2CCn3ccnc3C2)ccc1Cl. The molecule has 1 aliphatic rings. The van der Waals surface area contributed by atoms with Gasteiger partial charge in [-0.05, 0) is 30.5 Å². The normalized spacial score (nSPS) is 17.5. The monoisotopic (exact) mass is 350 g/mol. The second kappa shape index (κ2) is 6.32. The molecule has 0 unspecified atom stereocenters. The van der Waals surface area contributed by atoms with Gasteiger partial charge in [0, 0.05) is 31.9 Å². The highest BCUT2D eigenvalue weighted by atomic mass is 35.5. The lowest BCUT2D eigenvalue weighted by atomic mass is 9.98. The molecule has 1 aromatic heterocycles. The summed E-state index contributed by atoms with van der Waals surface area (Å²) in [4.78, 5) is 4.33. The van der Waals surface area contributed by atoms with E-state index in [4.69, 9.17) is 16.9 Å². The number of hydrogen-bond acceptors (Lipinski definition) is 4. The van der Waals surface area contributed by atoms with Gasteiger partial charge < -0.3 is 4.57 Å². The molecule has 1 N–H and O–H groups in total. The van der Waals surface area contributed by atoms with Crippen LogP contribution in [0.5, 0.6) is 0 Å². The molecule has 2 heterocycles. The van der Waals surface area contributed by atoms with Crippen LogP contribution in [-0.2, 0) is 23.0 Å². The zero-order chi connectivity index (χ0) is 16.4. The molecular formula is C15H15ClN4O2S. The van der Waals surface area contributed by atoms with Gasteiger partial charge in [0.15, 0.2) is 0 Å². The van der Waals surface area contributed by atoms with Crippen LogP contribution in [0.1, 0.15) is 17.8 Å². The van der Waals surface area contributed by atoms with E-state index in [1.54, 1.807) is 6.20 Å². The standard InChI is InChI=1S/C15H15ClN4O2S/c16-14-2-1-13(8-12(14)9-17)23(21,22)19-10-11-3-5-20-6-4-18-15(20)7-11/h1-2,4,6,8,11,19H,3,5,7,10H2/t11-/m1/s1. The van der Waals surface area contributed by atoms with Crippen molar-refractivity contribution in [2.24, 2.45) is 5.92 Å². The molecule has 0 radical (unpaired) electrons. The van der Waals surface area contributed by atoms with Crippen LogP contribution in [0.3, 0.4) is 0 Å². The molecule has 1 atom stereocenters. The Kier molecular flexibility index (Phi) is 4.39. The van der Waals surface area contributed by atoms with E-state index in [-0.39, 0.29) is 21.4 Å². The second-order valence-corrected chi connectivity index (χ2v) is 7.68. The van der Waals surface area contributed by atoms with Gasteiger partial charge in [0.25, 0.3) is 0 Å². The van der Waals surface area contributed by atoms with Crippen LogP contribution < -0.4 is 4.72 Å². The molecule has 0 amide bonds. The maximum atomic E-state index is 12.4. The molecule has 8 heteroatoms. The third-order valence-corrected chi connectivity index (χ3v) is 5.73. The minimum absolute atomic E-state index is 0.0516. The van der Waals surface area contributed by atoms with E-state index < -0.39 is 10.0 Å². The summed E-state index contributed by atoms with van der Waals surface area (Å²) in [6.07, 6.45) is 5.35. The second-order valence-electron chi connectivity index (χ2n) is 5.50. The van der Waals surface area contributed by atoms with Crippen LogP contribution in [0, 0.1) is 17.2 Å². The fraction of sp³-hybridized carbons (Fsp3) is 0.333. The van der Waals surface area contributed by atoms with Crippen LogP contribution in [-0.4, -0.2) is 24.5 Å². The minimum Gasteiger partial charge on any atom is -0.335 e. The van der Waals surface area contributed by atoms with Crippen molar-refractivity contribution in [2.45, 2.75) is 24.3 Å². The van der Waals surface area contributed by atoms with E-state index in [0.717, 1.165) is 25.2 Å². The van der Waals surface area contributed by atoms with E-state index in [9.17, 15) is 8.42 Å². The first kappa shape index (κ1) is 16.0. The molecule has 1 aliphatic heterocycles. The third-order valence-electron chi connectivity index (χ3n) is 3.98. The molecule has 120 valence electrons. The van der Waals surface area contributed by atoms with Gasteiger partial charge >= 0.3 is 0 Å². The van der Waals surface area contributed by atoms with Gasteiger partial charge in [-0.25, -0.2) is 18.1 Å². The van der Waals surface area contributed by atoms with Crippen LogP contribution >= 0.6 is 11.6 Å². The number of aromatic nitrogens is 2. The average Bonchev–Trinajstić information content (AvgIpc) is 3.01. The summed E-state index contributed by atoms with van der Waals surface area (Å²) in [6.45, 7) is 1.20. The Labute approximate surface area is 139 Å². The number of aryl methyl sites for hydroxylation is 1. The Morgan fingerprint density at radius 1 is 1.48 bits per heavy atom. The predicted octanol–water partition coefficient (Wildman–Crippen LogP) is 1.95. The topological polar surface area (TPSA) is 87.8 Å². The largest absolute Gasteiger partial charge is 0.335 e. The highest BCUT2D eigenvalue weighted by Gasteiger charge is 2.22. The number of nitriles is 1. The lowest BCUT2D eigenvalue weighted by Gasteiger charge is -2.23. The van der Waals surface area contributed by atoms with Crippen LogP contribution in [0.15, 0.2) is 35.5 Å². The molecular weight excluding hydrogens is 336 g/mol. The molecule has 1 aromatic carbocycles. The van der Waals surface area contributed by atoms with Crippen molar-refractivity contribution < 1.29 is 8.42 Å². The quantitative estimate of drug-likeness (QED) is 0.912. The number of rotatable bonds is 4. The summed E-state index contributed by atoms with van der Waals surface area (Å²) in [5.41, 5.74) is 0.147. The number of nitrogens with zero attached hydrogens (tertiary/aromatic N) is 3. The van der Waals surface area contributed by atoms with Crippen molar-refractivity contribution >= 4 is 21.6 Å². The van der Waals surface area contributed by atoms with Gasteiger partial charge in [0.2, 0.25) is 10.0 Å². The molecule has 6 nitrogen and oxygen atoms in total. The maximum absolute atomic E-state index is 12.4. The van der Waals surface area contributed by atoms with Gasteiger partial charge in [0.1, 0.15) is 11.9 Å². The molecule has 2 aromatic rings. The Morgan fingerprint density at radius 3 is 3.09 bits per heavy atom. The van der Waals surface area contributed by atoms with E-state index in [1.807, 2.05) is 12.3 Å². The molecule has 0 fully saturated rings. The van der Waals surface area contributed by atoms with E-state index in [2.05, 4.69) is 14.3 Å². The summed E-state index contributed by atoms with van der Waals surface area (Å²) in [6, 6.07) is 6.00. The van der Waals surface area contributed by atoms with Crippen molar-refractivity contribution in [3.63, 3.8) is 0 Å². The van der Waals surface area contributed by atoms with E-state index in [1.165, 1.54) is 18.2 Å². The lowest BCUT2D eigenvalue weighted by Crippen LogP contribution is -2.33. The first-order valence-electron chi connectivity index (χ1n) is 7.19. The Morgan fingerprint density at radius 2 is 2.30 bits per heavy atom. The molecule has 0 bridgehead atoms. The zero-order valence-electron chi connectivity index (χ0n) is 12.2. The fourth-order valence-electron chi connectivity index (χ4n) is 2.66. The van der Waals surface area contributed by atoms with Crippen molar-refractivity contribution in [1.29, 1.82) is 5.26 Å². The van der Waals surface area contributed by atoms with Crippen LogP contribution in [0.2, 0.25) is 5.02 Å². The predicted molar refractivity (Wildman–Crippen MR) is 85.4 cm³/mol. The average molecular weight is 351 g/mol. The number of benzene rings is 1. The number of imidazole rings is 1. The molecule has 3 rings (SSSR count). The Hall–Kier alpha value is -1.88. The number of hydrogen-bond donors (Lipinski definition) is 1. The van der Waals surface area contributed by atoms with Gasteiger partial charge in [0.05, 0.1) is 15.5 Å². The molecule has 0 aliphatic carbocycles. The number of sulfonamides is 1. The first-order valence-corrected chi connectivity index (χ1v) is 9.05. The lowest BCUT2D eigenvalue weighted by molar-refractivity contribution is 0.379. The third kappa shape index (κ3) is 3.39. The highest BCUT2D eigenvalue weighted by molar-refractivity contribution is 7.89. The molecule has 0 spiro atoms. The number of nitrogens with one attached hydrogen (secondary N) is 1. The van der Waals surface area contributed by atoms with Gasteiger partial charge in [-0.3, -0.25) is 0 Å². The Bertz CT molecular complexity index is 870. The summed E-state index contributed by atoms with van der Waals surface area (Å²) < 4.78 is 29.4. The van der Waals surface area contributed by atoms with Crippen molar-refractivity contribution in [3.05, 3.63) is 47.0 Å². The summed E-state index contributed by atoms with van der Waals surface area (Å²) in [5, 5.41) is 9.20. The Balaban J connectivity index is 1.69. The molecule has 23 heavy (non-hydrogen) atoms. The highest BCUT2D eigenvalue weighted by Crippen LogP contribution is 2.21. The first-order chi connectivity index (χ1) is 11.0. The number of fused-ring (bicyclic) bond motifs is 1. The number of halogens is 1. The van der Waals surface area contributed by atoms with Crippen molar-refractivity contribution in [1.82, 2.24) is 14.3 Å². The summed E-state index contributed by atoms with van der Waals surface area (Å²) in [7, 11) is -3.66.